The van der Waals surface area contributed by atoms with Crippen LogP contribution >= 0.6 is 0 Å². The van der Waals surface area contributed by atoms with Gasteiger partial charge in [0.05, 0.1) is 10.2 Å². The van der Waals surface area contributed by atoms with E-state index in [-0.39, 0.29) is 0 Å². The fourth-order valence-electron chi connectivity index (χ4n) is 2.22. The van der Waals surface area contributed by atoms with Gasteiger partial charge in [-0.2, -0.15) is 0 Å². The van der Waals surface area contributed by atoms with Gasteiger partial charge >= 0.3 is 6.09 Å². The molecule has 6 nitrogen and oxygen atoms in total. The van der Waals surface area contributed by atoms with Crippen LogP contribution in [-0.4, -0.2) is 63.8 Å². The topological polar surface area (TPSA) is 68.2 Å². The Balaban J connectivity index is 5.59. The maximum atomic E-state index is 11.5. The zero-order valence-electron chi connectivity index (χ0n) is 12.9. The number of hydrogen-bond acceptors (Lipinski definition) is 4. The van der Waals surface area contributed by atoms with Crippen molar-refractivity contribution in [3.05, 3.63) is 0 Å². The molecule has 1 N–H and O–H groups in total. The summed E-state index contributed by atoms with van der Waals surface area (Å²) in [6.45, 7) is 10.6. The third-order valence-corrected chi connectivity index (χ3v) is 4.91. The van der Waals surface area contributed by atoms with Crippen LogP contribution in [-0.2, 0) is 14.2 Å². The number of ether oxygens (including phenoxy) is 3. The van der Waals surface area contributed by atoms with Crippen LogP contribution in [0.3, 0.4) is 0 Å². The summed E-state index contributed by atoms with van der Waals surface area (Å²) in [5.41, 5.74) is 0. The van der Waals surface area contributed by atoms with E-state index in [1.807, 2.05) is 20.8 Å². The smallest absolute Gasteiger partial charge is 0.409 e. The van der Waals surface area contributed by atoms with Crippen LogP contribution in [0.1, 0.15) is 34.6 Å². The van der Waals surface area contributed by atoms with Crippen LogP contribution < -0.4 is 0 Å². The SMILES string of the molecule is CCOC(C)(OCC)C([SiH3])(OCC)N(CC)C(=O)O. The zero-order chi connectivity index (χ0) is 15.1. The molecule has 0 spiro atoms. The Morgan fingerprint density at radius 3 is 1.79 bits per heavy atom. The van der Waals surface area contributed by atoms with Crippen molar-refractivity contribution < 1.29 is 24.1 Å². The van der Waals surface area contributed by atoms with Crippen LogP contribution in [0.15, 0.2) is 0 Å². The van der Waals surface area contributed by atoms with Gasteiger partial charge in [0.25, 0.3) is 0 Å². The Hall–Kier alpha value is -0.633. The molecule has 1 unspecified atom stereocenters. The molecule has 0 rings (SSSR count). The van der Waals surface area contributed by atoms with Gasteiger partial charge in [-0.1, -0.05) is 0 Å². The highest BCUT2D eigenvalue weighted by Gasteiger charge is 2.53. The molecule has 0 radical (unpaired) electrons. The third-order valence-electron chi connectivity index (χ3n) is 3.17. The molecule has 0 aromatic carbocycles. The lowest BCUT2D eigenvalue weighted by Crippen LogP contribution is -2.68. The highest BCUT2D eigenvalue weighted by Crippen LogP contribution is 2.32. The van der Waals surface area contributed by atoms with Crippen LogP contribution in [0, 0.1) is 0 Å². The molecular formula is C12H27NO5Si. The quantitative estimate of drug-likeness (QED) is 0.504. The van der Waals surface area contributed by atoms with E-state index in [1.165, 1.54) is 4.90 Å². The van der Waals surface area contributed by atoms with Crippen LogP contribution in [0.4, 0.5) is 4.79 Å². The summed E-state index contributed by atoms with van der Waals surface area (Å²) >= 11 is 0. The predicted molar refractivity (Wildman–Crippen MR) is 76.4 cm³/mol. The molecule has 114 valence electrons. The van der Waals surface area contributed by atoms with E-state index in [2.05, 4.69) is 0 Å². The summed E-state index contributed by atoms with van der Waals surface area (Å²) in [7, 11) is 0.428. The molecule has 1 amide bonds. The maximum absolute atomic E-state index is 11.5. The van der Waals surface area contributed by atoms with Gasteiger partial charge < -0.3 is 19.3 Å². The predicted octanol–water partition coefficient (Wildman–Crippen LogP) is 0.831. The van der Waals surface area contributed by atoms with Crippen molar-refractivity contribution in [2.24, 2.45) is 0 Å². The van der Waals surface area contributed by atoms with Gasteiger partial charge in [-0.3, -0.25) is 4.90 Å². The van der Waals surface area contributed by atoms with Gasteiger partial charge in [-0.05, 0) is 34.6 Å². The molecular weight excluding hydrogens is 266 g/mol. The minimum Gasteiger partial charge on any atom is -0.465 e. The van der Waals surface area contributed by atoms with Gasteiger partial charge in [0, 0.05) is 26.4 Å². The Labute approximate surface area is 118 Å². The molecule has 0 aliphatic carbocycles. The van der Waals surface area contributed by atoms with Crippen LogP contribution in [0.2, 0.25) is 0 Å². The minimum absolute atomic E-state index is 0.314. The number of nitrogens with zero attached hydrogens (tertiary/aromatic N) is 1. The monoisotopic (exact) mass is 293 g/mol. The van der Waals surface area contributed by atoms with Gasteiger partial charge in [-0.15, -0.1) is 0 Å². The molecule has 0 aliphatic heterocycles. The van der Waals surface area contributed by atoms with Crippen molar-refractivity contribution in [3.8, 4) is 0 Å². The molecule has 0 fully saturated rings. The van der Waals surface area contributed by atoms with Gasteiger partial charge in [-0.25, -0.2) is 4.79 Å². The van der Waals surface area contributed by atoms with Crippen molar-refractivity contribution in [2.75, 3.05) is 26.4 Å². The summed E-state index contributed by atoms with van der Waals surface area (Å²) < 4.78 is 17.2. The highest BCUT2D eigenvalue weighted by atomic mass is 28.1. The summed E-state index contributed by atoms with van der Waals surface area (Å²) in [6.07, 6.45) is -1.03. The lowest BCUT2D eigenvalue weighted by molar-refractivity contribution is -0.323. The van der Waals surface area contributed by atoms with E-state index in [1.54, 1.807) is 13.8 Å². The Morgan fingerprint density at radius 1 is 1.11 bits per heavy atom. The van der Waals surface area contributed by atoms with Crippen molar-refractivity contribution in [1.29, 1.82) is 0 Å². The number of hydrogen-bond donors (Lipinski definition) is 1. The standard InChI is InChI=1S/C12H27NO5Si/c1-6-13(10(14)15)12(19,18-9-4)11(5,16-7-2)17-8-3/h6-9H2,1-5,19H3,(H,14,15). The lowest BCUT2D eigenvalue weighted by atomic mass is 10.2. The van der Waals surface area contributed by atoms with Crippen LogP contribution in [0.25, 0.3) is 0 Å². The van der Waals surface area contributed by atoms with E-state index >= 15 is 0 Å². The first-order chi connectivity index (χ1) is 8.82. The van der Waals surface area contributed by atoms with Crippen molar-refractivity contribution >= 4 is 16.3 Å². The first-order valence-corrected chi connectivity index (χ1v) is 7.75. The molecule has 0 bridgehead atoms. The molecule has 19 heavy (non-hydrogen) atoms. The summed E-state index contributed by atoms with van der Waals surface area (Å²) in [6, 6.07) is 0. The second-order valence-electron chi connectivity index (χ2n) is 4.25. The van der Waals surface area contributed by atoms with Gasteiger partial charge in [0.1, 0.15) is 0 Å². The minimum atomic E-state index is -1.10. The fourth-order valence-corrected chi connectivity index (χ4v) is 3.30. The Bertz CT molecular complexity index is 283. The number of rotatable bonds is 9. The lowest BCUT2D eigenvalue weighted by Gasteiger charge is -2.49. The van der Waals surface area contributed by atoms with E-state index in [0.29, 0.717) is 36.6 Å². The van der Waals surface area contributed by atoms with E-state index in [9.17, 15) is 9.90 Å². The Morgan fingerprint density at radius 2 is 1.53 bits per heavy atom. The molecule has 1 atom stereocenters. The fraction of sp³-hybridized carbons (Fsp3) is 0.917. The first kappa shape index (κ1) is 18.4. The zero-order valence-corrected chi connectivity index (χ0v) is 14.9. The number of likely N-dealkylation sites (N-methyl/N-ethyl adjacent to an activating group) is 1. The Kier molecular flexibility index (Phi) is 7.57. The third kappa shape index (κ3) is 3.91. The summed E-state index contributed by atoms with van der Waals surface area (Å²) in [4.78, 5) is 12.7. The van der Waals surface area contributed by atoms with E-state index in [0.717, 1.165) is 0 Å². The number of carboxylic acid groups (broad SMARTS) is 1. The number of amides is 1. The molecule has 0 aliphatic rings. The number of carbonyl (C=O) groups is 1. The molecule has 0 saturated carbocycles. The van der Waals surface area contributed by atoms with Crippen molar-refractivity contribution in [2.45, 2.75) is 45.8 Å². The van der Waals surface area contributed by atoms with E-state index in [4.69, 9.17) is 14.2 Å². The second kappa shape index (κ2) is 7.84. The van der Waals surface area contributed by atoms with E-state index < -0.39 is 17.2 Å². The second-order valence-corrected chi connectivity index (χ2v) is 5.61. The van der Waals surface area contributed by atoms with Crippen molar-refractivity contribution in [1.82, 2.24) is 4.90 Å². The molecule has 0 saturated heterocycles. The molecule has 0 aromatic heterocycles. The maximum Gasteiger partial charge on any atom is 0.409 e. The summed E-state index contributed by atoms with van der Waals surface area (Å²) in [5.74, 6) is -1.10. The van der Waals surface area contributed by atoms with Crippen molar-refractivity contribution in [3.63, 3.8) is 0 Å². The molecule has 0 aromatic rings. The van der Waals surface area contributed by atoms with Crippen LogP contribution in [0.5, 0.6) is 0 Å². The normalized spacial score (nSPS) is 15.2. The first-order valence-electron chi connectivity index (χ1n) is 6.75. The summed E-state index contributed by atoms with van der Waals surface area (Å²) in [5, 5.41) is 8.32. The van der Waals surface area contributed by atoms with Gasteiger partial charge in [0.2, 0.25) is 5.79 Å². The van der Waals surface area contributed by atoms with Gasteiger partial charge in [0.15, 0.2) is 5.35 Å². The molecule has 0 heterocycles. The highest BCUT2D eigenvalue weighted by molar-refractivity contribution is 6.16. The molecule has 7 heteroatoms. The average Bonchev–Trinajstić information content (AvgIpc) is 2.30. The largest absolute Gasteiger partial charge is 0.465 e. The average molecular weight is 293 g/mol.